The molecule has 0 bridgehead atoms. The van der Waals surface area contributed by atoms with Crippen molar-refractivity contribution in [2.45, 2.75) is 47.0 Å². The monoisotopic (exact) mass is 196 g/mol. The van der Waals surface area contributed by atoms with Crippen LogP contribution in [0.5, 0.6) is 0 Å². The standard InChI is InChI=1S/C13H24O/c1-10(9-14)5-6-12-7-11(2)8-13(12,3)4/h8,10,12,14H,5-7,9H2,1-4H3/t10-,12-/m0/s1. The Morgan fingerprint density at radius 3 is 2.64 bits per heavy atom. The average molecular weight is 196 g/mol. The maximum atomic E-state index is 8.98. The molecule has 1 N–H and O–H groups in total. The van der Waals surface area contributed by atoms with Gasteiger partial charge in [0.25, 0.3) is 0 Å². The Hall–Kier alpha value is -0.300. The van der Waals surface area contributed by atoms with Gasteiger partial charge in [0.1, 0.15) is 0 Å². The molecule has 0 aromatic heterocycles. The van der Waals surface area contributed by atoms with E-state index in [2.05, 4.69) is 33.8 Å². The number of allylic oxidation sites excluding steroid dienone is 2. The van der Waals surface area contributed by atoms with E-state index < -0.39 is 0 Å². The largest absolute Gasteiger partial charge is 0.396 e. The van der Waals surface area contributed by atoms with Crippen LogP contribution in [0, 0.1) is 17.3 Å². The van der Waals surface area contributed by atoms with Crippen LogP contribution in [0.3, 0.4) is 0 Å². The zero-order valence-corrected chi connectivity index (χ0v) is 10.0. The molecule has 82 valence electrons. The predicted molar refractivity (Wildman–Crippen MR) is 61.1 cm³/mol. The van der Waals surface area contributed by atoms with Crippen molar-refractivity contribution in [3.63, 3.8) is 0 Å². The summed E-state index contributed by atoms with van der Waals surface area (Å²) >= 11 is 0. The van der Waals surface area contributed by atoms with Crippen molar-refractivity contribution >= 4 is 0 Å². The molecule has 1 aliphatic rings. The summed E-state index contributed by atoms with van der Waals surface area (Å²) in [6, 6.07) is 0. The summed E-state index contributed by atoms with van der Waals surface area (Å²) in [7, 11) is 0. The molecule has 0 aromatic rings. The first kappa shape index (κ1) is 11.8. The van der Waals surface area contributed by atoms with Crippen molar-refractivity contribution in [3.8, 4) is 0 Å². The number of aliphatic hydroxyl groups excluding tert-OH is 1. The molecule has 1 heteroatoms. The third kappa shape index (κ3) is 2.84. The third-order valence-corrected chi connectivity index (χ3v) is 3.56. The molecule has 0 heterocycles. The van der Waals surface area contributed by atoms with E-state index in [4.69, 9.17) is 5.11 Å². The summed E-state index contributed by atoms with van der Waals surface area (Å²) in [5.41, 5.74) is 1.91. The first-order valence-electron chi connectivity index (χ1n) is 5.75. The van der Waals surface area contributed by atoms with E-state index in [1.165, 1.54) is 18.4 Å². The number of aliphatic hydroxyl groups is 1. The molecule has 0 spiro atoms. The highest BCUT2D eigenvalue weighted by molar-refractivity contribution is 5.15. The maximum absolute atomic E-state index is 8.98. The van der Waals surface area contributed by atoms with E-state index in [9.17, 15) is 0 Å². The number of hydrogen-bond donors (Lipinski definition) is 1. The lowest BCUT2D eigenvalue weighted by atomic mass is 9.78. The highest BCUT2D eigenvalue weighted by Crippen LogP contribution is 2.43. The second kappa shape index (κ2) is 4.48. The first-order chi connectivity index (χ1) is 6.45. The van der Waals surface area contributed by atoms with Crippen molar-refractivity contribution in [3.05, 3.63) is 11.6 Å². The fourth-order valence-corrected chi connectivity index (χ4v) is 2.51. The minimum atomic E-state index is 0.333. The van der Waals surface area contributed by atoms with Gasteiger partial charge < -0.3 is 5.11 Å². The van der Waals surface area contributed by atoms with Gasteiger partial charge in [-0.1, -0.05) is 32.4 Å². The summed E-state index contributed by atoms with van der Waals surface area (Å²) in [5.74, 6) is 1.25. The van der Waals surface area contributed by atoms with Crippen molar-refractivity contribution in [1.82, 2.24) is 0 Å². The maximum Gasteiger partial charge on any atom is 0.0456 e. The molecule has 0 saturated heterocycles. The summed E-state index contributed by atoms with van der Waals surface area (Å²) < 4.78 is 0. The van der Waals surface area contributed by atoms with E-state index in [0.717, 1.165) is 12.3 Å². The number of rotatable bonds is 4. The normalized spacial score (nSPS) is 27.5. The van der Waals surface area contributed by atoms with Crippen molar-refractivity contribution < 1.29 is 5.11 Å². The van der Waals surface area contributed by atoms with Crippen molar-refractivity contribution in [2.24, 2.45) is 17.3 Å². The van der Waals surface area contributed by atoms with E-state index in [1.54, 1.807) is 0 Å². The molecule has 1 nitrogen and oxygen atoms in total. The van der Waals surface area contributed by atoms with Gasteiger partial charge in [-0.2, -0.15) is 0 Å². The fourth-order valence-electron chi connectivity index (χ4n) is 2.51. The third-order valence-electron chi connectivity index (χ3n) is 3.56. The van der Waals surface area contributed by atoms with Gasteiger partial charge in [0.2, 0.25) is 0 Å². The summed E-state index contributed by atoms with van der Waals surface area (Å²) in [4.78, 5) is 0. The van der Waals surface area contributed by atoms with Crippen LogP contribution in [0.1, 0.15) is 47.0 Å². The molecule has 0 radical (unpaired) electrons. The van der Waals surface area contributed by atoms with Crippen LogP contribution in [0.15, 0.2) is 11.6 Å². The summed E-state index contributed by atoms with van der Waals surface area (Å²) in [5, 5.41) is 8.98. The Labute approximate surface area is 88.2 Å². The quantitative estimate of drug-likeness (QED) is 0.683. The lowest BCUT2D eigenvalue weighted by molar-refractivity contribution is 0.205. The molecule has 0 aromatic carbocycles. The second-order valence-corrected chi connectivity index (χ2v) is 5.58. The molecule has 1 rings (SSSR count). The van der Waals surface area contributed by atoms with Gasteiger partial charge in [0, 0.05) is 6.61 Å². The van der Waals surface area contributed by atoms with E-state index in [1.807, 2.05) is 0 Å². The Morgan fingerprint density at radius 2 is 2.21 bits per heavy atom. The summed E-state index contributed by atoms with van der Waals surface area (Å²) in [6.45, 7) is 9.36. The predicted octanol–water partition coefficient (Wildman–Crippen LogP) is 3.39. The van der Waals surface area contributed by atoms with Crippen molar-refractivity contribution in [1.29, 1.82) is 0 Å². The lowest BCUT2D eigenvalue weighted by Crippen LogP contribution is -2.18. The van der Waals surface area contributed by atoms with Gasteiger partial charge in [0.15, 0.2) is 0 Å². The summed E-state index contributed by atoms with van der Waals surface area (Å²) in [6.07, 6.45) is 6.08. The van der Waals surface area contributed by atoms with Crippen LogP contribution in [-0.2, 0) is 0 Å². The van der Waals surface area contributed by atoms with Crippen LogP contribution in [0.25, 0.3) is 0 Å². The van der Waals surface area contributed by atoms with Gasteiger partial charge in [0.05, 0.1) is 0 Å². The Morgan fingerprint density at radius 1 is 1.57 bits per heavy atom. The van der Waals surface area contributed by atoms with Crippen LogP contribution in [-0.4, -0.2) is 11.7 Å². The van der Waals surface area contributed by atoms with Gasteiger partial charge in [-0.3, -0.25) is 0 Å². The van der Waals surface area contributed by atoms with Crippen LogP contribution in [0.2, 0.25) is 0 Å². The fraction of sp³-hybridized carbons (Fsp3) is 0.846. The van der Waals surface area contributed by atoms with Gasteiger partial charge in [-0.25, -0.2) is 0 Å². The smallest absolute Gasteiger partial charge is 0.0456 e. The van der Waals surface area contributed by atoms with E-state index in [-0.39, 0.29) is 0 Å². The zero-order valence-electron chi connectivity index (χ0n) is 10.0. The zero-order chi connectivity index (χ0) is 10.8. The second-order valence-electron chi connectivity index (χ2n) is 5.58. The molecule has 0 unspecified atom stereocenters. The van der Waals surface area contributed by atoms with E-state index >= 15 is 0 Å². The van der Waals surface area contributed by atoms with Crippen LogP contribution >= 0.6 is 0 Å². The van der Waals surface area contributed by atoms with Gasteiger partial charge >= 0.3 is 0 Å². The van der Waals surface area contributed by atoms with Crippen molar-refractivity contribution in [2.75, 3.05) is 6.61 Å². The number of hydrogen-bond acceptors (Lipinski definition) is 1. The Balaban J connectivity index is 2.41. The highest BCUT2D eigenvalue weighted by atomic mass is 16.3. The minimum Gasteiger partial charge on any atom is -0.396 e. The Bertz CT molecular complexity index is 215. The molecule has 14 heavy (non-hydrogen) atoms. The van der Waals surface area contributed by atoms with E-state index in [0.29, 0.717) is 17.9 Å². The molecule has 1 aliphatic carbocycles. The van der Waals surface area contributed by atoms with Crippen LogP contribution in [0.4, 0.5) is 0 Å². The Kier molecular flexibility index (Phi) is 3.77. The first-order valence-corrected chi connectivity index (χ1v) is 5.75. The molecule has 2 atom stereocenters. The molecular weight excluding hydrogens is 172 g/mol. The van der Waals surface area contributed by atoms with Gasteiger partial charge in [-0.05, 0) is 43.4 Å². The van der Waals surface area contributed by atoms with Crippen LogP contribution < -0.4 is 0 Å². The molecule has 0 amide bonds. The lowest BCUT2D eigenvalue weighted by Gasteiger charge is -2.27. The molecular formula is C13H24O. The topological polar surface area (TPSA) is 20.2 Å². The highest BCUT2D eigenvalue weighted by Gasteiger charge is 2.32. The van der Waals surface area contributed by atoms with Gasteiger partial charge in [-0.15, -0.1) is 0 Å². The SMILES string of the molecule is CC1=CC(C)(C)[C@@H](CC[C@H](C)CO)C1. The molecule has 0 fully saturated rings. The minimum absolute atomic E-state index is 0.333. The molecule has 0 saturated carbocycles. The molecule has 0 aliphatic heterocycles. The average Bonchev–Trinajstić information content (AvgIpc) is 2.35.